The van der Waals surface area contributed by atoms with Crippen LogP contribution in [0, 0.1) is 0 Å². The highest BCUT2D eigenvalue weighted by Gasteiger charge is 2.25. The Bertz CT molecular complexity index is 1290. The molecule has 9 heteroatoms. The number of nitrogens with zero attached hydrogens (tertiary/aromatic N) is 5. The van der Waals surface area contributed by atoms with Gasteiger partial charge in [-0.2, -0.15) is 10.1 Å². The SMILES string of the molecule is [O-][S+](c1ccc(Cl)cc1)c1cn(-c2ccccn2)nc1-c1ccc(-c2ncon2)cc1. The molecule has 2 aromatic carbocycles. The van der Waals surface area contributed by atoms with E-state index in [1.54, 1.807) is 41.3 Å². The van der Waals surface area contributed by atoms with Gasteiger partial charge in [-0.15, -0.1) is 0 Å². The van der Waals surface area contributed by atoms with E-state index in [1.165, 1.54) is 6.39 Å². The fourth-order valence-electron chi connectivity index (χ4n) is 3.06. The Morgan fingerprint density at radius 3 is 2.35 bits per heavy atom. The molecule has 0 aliphatic heterocycles. The summed E-state index contributed by atoms with van der Waals surface area (Å²) in [7, 11) is 0. The van der Waals surface area contributed by atoms with E-state index in [4.69, 9.17) is 21.2 Å². The van der Waals surface area contributed by atoms with E-state index in [0.717, 1.165) is 11.1 Å². The monoisotopic (exact) mass is 447 g/mol. The number of hydrogen-bond acceptors (Lipinski definition) is 6. The van der Waals surface area contributed by atoms with Crippen molar-refractivity contribution in [2.75, 3.05) is 0 Å². The molecule has 0 spiro atoms. The van der Waals surface area contributed by atoms with E-state index in [0.29, 0.717) is 32.1 Å². The zero-order valence-corrected chi connectivity index (χ0v) is 17.5. The molecule has 0 saturated carbocycles. The normalized spacial score (nSPS) is 12.1. The molecular formula is C22H14ClN5O2S. The summed E-state index contributed by atoms with van der Waals surface area (Å²) in [6.45, 7) is 0. The maximum atomic E-state index is 13.4. The lowest BCUT2D eigenvalue weighted by Crippen LogP contribution is -2.02. The maximum Gasteiger partial charge on any atom is 0.214 e. The zero-order chi connectivity index (χ0) is 21.2. The Morgan fingerprint density at radius 1 is 0.903 bits per heavy atom. The molecule has 0 fully saturated rings. The van der Waals surface area contributed by atoms with Crippen LogP contribution in [0.2, 0.25) is 5.02 Å². The predicted octanol–water partition coefficient (Wildman–Crippen LogP) is 4.80. The standard InChI is InChI=1S/C22H14ClN5O2S/c23-17-8-10-18(11-9-17)31(29)19-13-28(20-3-1-2-12-24-20)26-21(19)15-4-6-16(7-5-15)22-25-14-30-27-22/h1-14H. The molecule has 0 saturated heterocycles. The maximum absolute atomic E-state index is 13.4. The summed E-state index contributed by atoms with van der Waals surface area (Å²) in [5, 5.41) is 9.13. The minimum absolute atomic E-state index is 0.496. The van der Waals surface area contributed by atoms with Crippen molar-refractivity contribution in [1.82, 2.24) is 24.9 Å². The first-order valence-electron chi connectivity index (χ1n) is 9.24. The van der Waals surface area contributed by atoms with Crippen molar-refractivity contribution < 1.29 is 9.08 Å². The number of rotatable bonds is 5. The van der Waals surface area contributed by atoms with Gasteiger partial charge in [0.05, 0.1) is 6.20 Å². The van der Waals surface area contributed by atoms with Gasteiger partial charge in [-0.25, -0.2) is 9.67 Å². The highest BCUT2D eigenvalue weighted by atomic mass is 35.5. The minimum atomic E-state index is -1.46. The van der Waals surface area contributed by atoms with Crippen molar-refractivity contribution in [3.8, 4) is 28.5 Å². The third kappa shape index (κ3) is 3.96. The van der Waals surface area contributed by atoms with Crippen molar-refractivity contribution in [1.29, 1.82) is 0 Å². The summed E-state index contributed by atoms with van der Waals surface area (Å²) in [5.74, 6) is 1.13. The summed E-state index contributed by atoms with van der Waals surface area (Å²) in [4.78, 5) is 9.61. The predicted molar refractivity (Wildman–Crippen MR) is 116 cm³/mol. The highest BCUT2D eigenvalue weighted by Crippen LogP contribution is 2.32. The molecule has 0 bridgehead atoms. The molecular weight excluding hydrogens is 434 g/mol. The highest BCUT2D eigenvalue weighted by molar-refractivity contribution is 7.91. The lowest BCUT2D eigenvalue weighted by molar-refractivity contribution is 0.419. The van der Waals surface area contributed by atoms with Gasteiger partial charge in [0.15, 0.2) is 10.7 Å². The molecule has 0 radical (unpaired) electrons. The Labute approximate surface area is 185 Å². The molecule has 7 nitrogen and oxygen atoms in total. The summed E-state index contributed by atoms with van der Waals surface area (Å²) < 4.78 is 19.9. The summed E-state index contributed by atoms with van der Waals surface area (Å²) in [5.41, 5.74) is 2.21. The first-order chi connectivity index (χ1) is 15.2. The molecule has 3 heterocycles. The molecule has 1 atom stereocenters. The van der Waals surface area contributed by atoms with Gasteiger partial charge in [0, 0.05) is 33.5 Å². The van der Waals surface area contributed by atoms with Crippen molar-refractivity contribution in [2.24, 2.45) is 0 Å². The van der Waals surface area contributed by atoms with E-state index < -0.39 is 11.2 Å². The number of aromatic nitrogens is 5. The summed E-state index contributed by atoms with van der Waals surface area (Å²) in [6, 6.07) is 20.0. The van der Waals surface area contributed by atoms with Crippen LogP contribution in [0.25, 0.3) is 28.5 Å². The molecule has 152 valence electrons. The van der Waals surface area contributed by atoms with E-state index in [2.05, 4.69) is 15.1 Å². The Balaban J connectivity index is 1.59. The molecule has 5 aromatic rings. The molecule has 0 aliphatic rings. The van der Waals surface area contributed by atoms with Gasteiger partial charge >= 0.3 is 0 Å². The first-order valence-corrected chi connectivity index (χ1v) is 10.8. The number of pyridine rings is 1. The second-order valence-electron chi connectivity index (χ2n) is 6.53. The van der Waals surface area contributed by atoms with E-state index in [1.807, 2.05) is 42.5 Å². The van der Waals surface area contributed by atoms with E-state index >= 15 is 0 Å². The van der Waals surface area contributed by atoms with Crippen molar-refractivity contribution in [3.05, 3.63) is 90.5 Å². The van der Waals surface area contributed by atoms with Crippen LogP contribution in [0.15, 0.2) is 99.8 Å². The summed E-state index contributed by atoms with van der Waals surface area (Å²) in [6.07, 6.45) is 4.72. The molecule has 5 rings (SSSR count). The van der Waals surface area contributed by atoms with Gasteiger partial charge in [0.1, 0.15) is 5.69 Å². The van der Waals surface area contributed by atoms with Crippen LogP contribution in [-0.2, 0) is 11.2 Å². The van der Waals surface area contributed by atoms with Gasteiger partial charge in [0.25, 0.3) is 0 Å². The molecule has 1 unspecified atom stereocenters. The molecule has 0 amide bonds. The van der Waals surface area contributed by atoms with Gasteiger partial charge in [-0.05, 0) is 36.4 Å². The van der Waals surface area contributed by atoms with Gasteiger partial charge in [0.2, 0.25) is 17.1 Å². The topological polar surface area (TPSA) is 92.7 Å². The van der Waals surface area contributed by atoms with Crippen LogP contribution in [-0.4, -0.2) is 29.5 Å². The Kier molecular flexibility index (Phi) is 5.25. The average molecular weight is 448 g/mol. The van der Waals surface area contributed by atoms with Crippen LogP contribution in [0.4, 0.5) is 0 Å². The van der Waals surface area contributed by atoms with E-state index in [9.17, 15) is 4.55 Å². The molecule has 0 aliphatic carbocycles. The van der Waals surface area contributed by atoms with Crippen molar-refractivity contribution in [3.63, 3.8) is 0 Å². The van der Waals surface area contributed by atoms with Crippen molar-refractivity contribution in [2.45, 2.75) is 9.79 Å². The fourth-order valence-corrected chi connectivity index (χ4v) is 4.35. The Hall–Kier alpha value is -3.46. The third-order valence-corrected chi connectivity index (χ3v) is 6.22. The molecule has 0 N–H and O–H groups in total. The lowest BCUT2D eigenvalue weighted by atomic mass is 10.1. The van der Waals surface area contributed by atoms with Crippen LogP contribution in [0.1, 0.15) is 0 Å². The smallest absolute Gasteiger partial charge is 0.214 e. The fraction of sp³-hybridized carbons (Fsp3) is 0. The first kappa shape index (κ1) is 19.5. The number of hydrogen-bond donors (Lipinski definition) is 0. The van der Waals surface area contributed by atoms with E-state index in [-0.39, 0.29) is 0 Å². The quantitative estimate of drug-likeness (QED) is 0.359. The van der Waals surface area contributed by atoms with Gasteiger partial charge in [-0.3, -0.25) is 0 Å². The van der Waals surface area contributed by atoms with Gasteiger partial charge < -0.3 is 9.08 Å². The second kappa shape index (κ2) is 8.35. The van der Waals surface area contributed by atoms with Crippen LogP contribution < -0.4 is 0 Å². The number of benzene rings is 2. The van der Waals surface area contributed by atoms with Crippen LogP contribution in [0.3, 0.4) is 0 Å². The van der Waals surface area contributed by atoms with Crippen molar-refractivity contribution >= 4 is 22.8 Å². The Morgan fingerprint density at radius 2 is 1.68 bits per heavy atom. The van der Waals surface area contributed by atoms with Crippen LogP contribution in [0.5, 0.6) is 0 Å². The molecule has 31 heavy (non-hydrogen) atoms. The minimum Gasteiger partial charge on any atom is -0.606 e. The lowest BCUT2D eigenvalue weighted by Gasteiger charge is -2.09. The average Bonchev–Trinajstić information content (AvgIpc) is 3.51. The summed E-state index contributed by atoms with van der Waals surface area (Å²) >= 11 is 4.53. The second-order valence-corrected chi connectivity index (χ2v) is 8.41. The zero-order valence-electron chi connectivity index (χ0n) is 15.9. The third-order valence-electron chi connectivity index (χ3n) is 4.57. The molecule has 3 aromatic heterocycles. The van der Waals surface area contributed by atoms with Crippen LogP contribution >= 0.6 is 11.6 Å². The number of halogens is 1. The largest absolute Gasteiger partial charge is 0.606 e. The van der Waals surface area contributed by atoms with Gasteiger partial charge in [-0.1, -0.05) is 47.1 Å².